The maximum absolute atomic E-state index is 13.2. The number of likely N-dealkylation sites (N-methyl/N-ethyl adjacent to an activating group) is 1. The van der Waals surface area contributed by atoms with Gasteiger partial charge in [0.1, 0.15) is 26.8 Å². The Kier molecular flexibility index (Phi) is 11.0. The molecular formula is C23H37N7O11. The summed E-state index contributed by atoms with van der Waals surface area (Å²) in [5, 5.41) is 0. The van der Waals surface area contributed by atoms with Crippen LogP contribution in [-0.4, -0.2) is 132 Å². The van der Waals surface area contributed by atoms with Crippen LogP contribution >= 0.6 is 0 Å². The van der Waals surface area contributed by atoms with Gasteiger partial charge in [-0.05, 0) is 6.92 Å². The molecule has 0 N–H and O–H groups in total. The highest BCUT2D eigenvalue weighted by molar-refractivity contribution is 5.85. The third-order valence-corrected chi connectivity index (χ3v) is 6.62. The maximum Gasteiger partial charge on any atom is 0.336 e. The Hall–Kier alpha value is -3.74. The number of urea groups is 2. The quantitative estimate of drug-likeness (QED) is 0.150. The average Bonchev–Trinajstić information content (AvgIpc) is 3.35. The molecule has 0 spiro atoms. The number of methoxy groups -OCH3 is 3. The van der Waals surface area contributed by atoms with Crippen LogP contribution in [0.1, 0.15) is 13.8 Å². The van der Waals surface area contributed by atoms with Gasteiger partial charge in [-0.25, -0.2) is 37.7 Å². The summed E-state index contributed by atoms with van der Waals surface area (Å²) in [5.41, 5.74) is -2.62. The number of carbonyl (C=O) groups excluding carboxylic acids is 3. The first-order valence-corrected chi connectivity index (χ1v) is 12.9. The molecule has 1 aromatic rings. The number of hydrogen-bond donors (Lipinski definition) is 0. The van der Waals surface area contributed by atoms with Crippen LogP contribution in [0.25, 0.3) is 0 Å². The molecule has 0 aliphatic carbocycles. The number of carbonyl (C=O) groups is 3. The molecular weight excluding hydrogens is 550 g/mol. The molecule has 2 fully saturated rings. The molecule has 3 heterocycles. The fourth-order valence-electron chi connectivity index (χ4n) is 4.80. The van der Waals surface area contributed by atoms with Crippen LogP contribution in [-0.2, 0) is 48.1 Å². The molecule has 2 unspecified atom stereocenters. The van der Waals surface area contributed by atoms with E-state index in [0.717, 1.165) is 13.7 Å². The van der Waals surface area contributed by atoms with Crippen LogP contribution in [0.5, 0.6) is 0 Å². The first-order chi connectivity index (χ1) is 19.6. The van der Waals surface area contributed by atoms with E-state index in [2.05, 4.69) is 0 Å². The number of hydrogen-bond acceptors (Lipinski definition) is 11. The van der Waals surface area contributed by atoms with E-state index in [4.69, 9.17) is 23.7 Å². The smallest absolute Gasteiger partial charge is 0.336 e. The lowest BCUT2D eigenvalue weighted by atomic mass is 10.3. The molecule has 0 saturated carbocycles. The lowest BCUT2D eigenvalue weighted by Crippen LogP contribution is -2.55. The number of amides is 4. The molecule has 2 aliphatic heterocycles. The minimum absolute atomic E-state index is 0.0376. The summed E-state index contributed by atoms with van der Waals surface area (Å²) in [5.74, 6) is -0.585. The van der Waals surface area contributed by atoms with E-state index in [1.165, 1.54) is 47.9 Å². The van der Waals surface area contributed by atoms with Crippen molar-refractivity contribution in [2.24, 2.45) is 0 Å². The second kappa shape index (κ2) is 14.2. The van der Waals surface area contributed by atoms with Crippen molar-refractivity contribution >= 4 is 18.0 Å². The van der Waals surface area contributed by atoms with Crippen molar-refractivity contribution in [1.29, 1.82) is 0 Å². The third-order valence-electron chi connectivity index (χ3n) is 6.62. The summed E-state index contributed by atoms with van der Waals surface area (Å²) < 4.78 is 28.4. The number of nitrogens with zero attached hydrogens (tertiary/aromatic N) is 7. The van der Waals surface area contributed by atoms with Gasteiger partial charge < -0.3 is 28.6 Å². The van der Waals surface area contributed by atoms with E-state index < -0.39 is 35.4 Å². The van der Waals surface area contributed by atoms with Gasteiger partial charge in [-0.3, -0.25) is 19.5 Å². The Bertz CT molecular complexity index is 1280. The number of aromatic nitrogens is 3. The van der Waals surface area contributed by atoms with Crippen LogP contribution in [0.4, 0.5) is 9.59 Å². The van der Waals surface area contributed by atoms with E-state index in [1.807, 2.05) is 0 Å². The maximum atomic E-state index is 13.2. The normalized spacial score (nSPS) is 18.6. The van der Waals surface area contributed by atoms with E-state index in [-0.39, 0.29) is 71.7 Å². The monoisotopic (exact) mass is 587 g/mol. The van der Waals surface area contributed by atoms with Crippen LogP contribution in [0.15, 0.2) is 14.4 Å². The Morgan fingerprint density at radius 2 is 1.07 bits per heavy atom. The van der Waals surface area contributed by atoms with Crippen LogP contribution in [0, 0.1) is 0 Å². The molecule has 18 heteroatoms. The number of ether oxygens (including phenoxy) is 5. The predicted molar refractivity (Wildman–Crippen MR) is 139 cm³/mol. The summed E-state index contributed by atoms with van der Waals surface area (Å²) >= 11 is 0. The van der Waals surface area contributed by atoms with Crippen molar-refractivity contribution in [2.75, 3.05) is 67.9 Å². The third kappa shape index (κ3) is 6.45. The molecule has 18 nitrogen and oxygen atoms in total. The van der Waals surface area contributed by atoms with E-state index in [0.29, 0.717) is 6.54 Å². The molecule has 41 heavy (non-hydrogen) atoms. The lowest BCUT2D eigenvalue weighted by Gasteiger charge is -2.28. The highest BCUT2D eigenvalue weighted by Crippen LogP contribution is 2.34. The van der Waals surface area contributed by atoms with Gasteiger partial charge in [0, 0.05) is 34.8 Å². The Balaban J connectivity index is 1.80. The first-order valence-electron chi connectivity index (χ1n) is 12.9. The van der Waals surface area contributed by atoms with Gasteiger partial charge in [0.2, 0.25) is 0 Å². The van der Waals surface area contributed by atoms with Gasteiger partial charge >= 0.3 is 35.1 Å². The Morgan fingerprint density at radius 3 is 1.54 bits per heavy atom. The molecule has 0 aromatic carbocycles. The topological polar surface area (TPSA) is 176 Å². The van der Waals surface area contributed by atoms with Gasteiger partial charge in [0.25, 0.3) is 0 Å². The minimum atomic E-state index is -0.901. The number of fused-ring (bicyclic) bond motifs is 1. The second-order valence-electron chi connectivity index (χ2n) is 9.10. The molecule has 0 bridgehead atoms. The second-order valence-corrected chi connectivity index (χ2v) is 9.10. The van der Waals surface area contributed by atoms with Gasteiger partial charge in [0.15, 0.2) is 12.3 Å². The predicted octanol–water partition coefficient (Wildman–Crippen LogP) is -2.29. The zero-order valence-corrected chi connectivity index (χ0v) is 23.8. The molecule has 230 valence electrons. The largest absolute Gasteiger partial charge is 0.464 e. The molecule has 4 amide bonds. The van der Waals surface area contributed by atoms with E-state index in [1.54, 1.807) is 6.92 Å². The minimum Gasteiger partial charge on any atom is -0.464 e. The fraction of sp³-hybridized carbons (Fsp3) is 0.739. The summed E-state index contributed by atoms with van der Waals surface area (Å²) in [6, 6.07) is -0.755. The number of rotatable bonds is 16. The molecule has 2 atom stereocenters. The first kappa shape index (κ1) is 31.8. The van der Waals surface area contributed by atoms with Crippen LogP contribution in [0.2, 0.25) is 0 Å². The SMILES string of the molecule is CCN1C(=O)N(COCCn2c(=O)n(CCOC)c(=O)n(CCOC(C)=O)c2=O)C2C1N(COC)C(=O)N2COC. The molecule has 2 aliphatic rings. The Morgan fingerprint density at radius 1 is 0.634 bits per heavy atom. The van der Waals surface area contributed by atoms with E-state index >= 15 is 0 Å². The van der Waals surface area contributed by atoms with Crippen molar-refractivity contribution in [1.82, 2.24) is 33.3 Å². The van der Waals surface area contributed by atoms with Crippen molar-refractivity contribution in [3.8, 4) is 0 Å². The van der Waals surface area contributed by atoms with E-state index in [9.17, 15) is 28.8 Å². The van der Waals surface area contributed by atoms with Gasteiger partial charge in [-0.2, -0.15) is 0 Å². The van der Waals surface area contributed by atoms with Gasteiger partial charge in [-0.1, -0.05) is 0 Å². The molecule has 0 radical (unpaired) electrons. The van der Waals surface area contributed by atoms with Crippen molar-refractivity contribution < 1.29 is 38.1 Å². The van der Waals surface area contributed by atoms with Gasteiger partial charge in [-0.15, -0.1) is 0 Å². The van der Waals surface area contributed by atoms with Crippen molar-refractivity contribution in [3.05, 3.63) is 31.5 Å². The highest BCUT2D eigenvalue weighted by Gasteiger charge is 2.58. The summed E-state index contributed by atoms with van der Waals surface area (Å²) in [6.45, 7) is 1.91. The highest BCUT2D eigenvalue weighted by atomic mass is 16.5. The number of esters is 1. The lowest BCUT2D eigenvalue weighted by molar-refractivity contribution is -0.141. The van der Waals surface area contributed by atoms with Crippen LogP contribution < -0.4 is 17.1 Å². The summed E-state index contributed by atoms with van der Waals surface area (Å²) in [6.07, 6.45) is -1.38. The van der Waals surface area contributed by atoms with Gasteiger partial charge in [0.05, 0.1) is 32.8 Å². The fourth-order valence-corrected chi connectivity index (χ4v) is 4.80. The Labute approximate surface area is 235 Å². The average molecular weight is 588 g/mol. The van der Waals surface area contributed by atoms with Crippen LogP contribution in [0.3, 0.4) is 0 Å². The van der Waals surface area contributed by atoms with Crippen molar-refractivity contribution in [2.45, 2.75) is 45.8 Å². The molecule has 3 rings (SSSR count). The zero-order valence-electron chi connectivity index (χ0n) is 23.8. The molecule has 1 aromatic heterocycles. The summed E-state index contributed by atoms with van der Waals surface area (Å²) in [7, 11) is 4.28. The van der Waals surface area contributed by atoms with Crippen molar-refractivity contribution in [3.63, 3.8) is 0 Å². The zero-order chi connectivity index (χ0) is 30.3. The standard InChI is InChI=1S/C23H37N7O11/c1-6-24-17-18(29(14-39-5)23(36)28(17)13-38-4)30(19(24)32)15-40-11-8-26-20(33)25(7-10-37-3)21(34)27(22(26)35)9-12-41-16(2)31/h17-18H,6-15H2,1-5H3. The molecule has 2 saturated heterocycles. The summed E-state index contributed by atoms with van der Waals surface area (Å²) in [4.78, 5) is 81.9.